The zero-order valence-electron chi connectivity index (χ0n) is 12.2. The van der Waals surface area contributed by atoms with Crippen LogP contribution in [0.5, 0.6) is 0 Å². The molecule has 1 N–H and O–H groups in total. The van der Waals surface area contributed by atoms with Crippen LogP contribution in [-0.4, -0.2) is 11.7 Å². The third kappa shape index (κ3) is 3.08. The maximum Gasteiger partial charge on any atom is 0.177 e. The van der Waals surface area contributed by atoms with Gasteiger partial charge in [-0.3, -0.25) is 0 Å². The van der Waals surface area contributed by atoms with Crippen LogP contribution in [-0.2, 0) is 6.42 Å². The predicted molar refractivity (Wildman–Crippen MR) is 94.5 cm³/mol. The predicted octanol–water partition coefficient (Wildman–Crippen LogP) is 4.94. The van der Waals surface area contributed by atoms with Gasteiger partial charge in [0, 0.05) is 17.9 Å². The van der Waals surface area contributed by atoms with Gasteiger partial charge < -0.3 is 10.2 Å². The van der Waals surface area contributed by atoms with Crippen molar-refractivity contribution in [3.8, 4) is 0 Å². The van der Waals surface area contributed by atoms with E-state index in [0.29, 0.717) is 10.8 Å². The molecule has 22 heavy (non-hydrogen) atoms. The number of hydrogen-bond donors (Lipinski definition) is 1. The molecule has 3 rings (SSSR count). The Morgan fingerprint density at radius 3 is 2.86 bits per heavy atom. The van der Waals surface area contributed by atoms with Crippen LogP contribution >= 0.6 is 23.8 Å². The molecule has 2 nitrogen and oxygen atoms in total. The summed E-state index contributed by atoms with van der Waals surface area (Å²) in [5.74, 6) is -0.433. The molecule has 2 aromatic carbocycles. The molecule has 0 radical (unpaired) electrons. The summed E-state index contributed by atoms with van der Waals surface area (Å²) in [5.41, 5.74) is 4.40. The molecule has 0 bridgehead atoms. The van der Waals surface area contributed by atoms with E-state index in [1.54, 1.807) is 12.1 Å². The minimum Gasteiger partial charge on any atom is -0.332 e. The number of rotatable bonds is 1. The van der Waals surface area contributed by atoms with Crippen LogP contribution in [0.25, 0.3) is 0 Å². The molecule has 1 aliphatic rings. The van der Waals surface area contributed by atoms with Gasteiger partial charge in [-0.2, -0.15) is 0 Å². The van der Waals surface area contributed by atoms with Crippen molar-refractivity contribution in [3.63, 3.8) is 0 Å². The van der Waals surface area contributed by atoms with Crippen LogP contribution in [0.4, 0.5) is 15.8 Å². The van der Waals surface area contributed by atoms with Crippen molar-refractivity contribution in [1.29, 1.82) is 0 Å². The van der Waals surface area contributed by atoms with Crippen LogP contribution in [0.15, 0.2) is 36.4 Å². The first-order chi connectivity index (χ1) is 10.5. The molecule has 0 atom stereocenters. The molecular formula is C17H16ClFN2S. The van der Waals surface area contributed by atoms with Crippen molar-refractivity contribution in [1.82, 2.24) is 0 Å². The highest BCUT2D eigenvalue weighted by atomic mass is 35.5. The van der Waals surface area contributed by atoms with E-state index in [4.69, 9.17) is 23.8 Å². The second-order valence-corrected chi connectivity index (χ2v) is 6.24. The molecule has 2 aromatic rings. The van der Waals surface area contributed by atoms with Gasteiger partial charge in [-0.1, -0.05) is 29.3 Å². The summed E-state index contributed by atoms with van der Waals surface area (Å²) >= 11 is 11.3. The van der Waals surface area contributed by atoms with E-state index in [9.17, 15) is 4.39 Å². The Labute approximate surface area is 139 Å². The quantitative estimate of drug-likeness (QED) is 0.744. The lowest BCUT2D eigenvalue weighted by Crippen LogP contribution is -2.38. The van der Waals surface area contributed by atoms with Crippen molar-refractivity contribution in [2.24, 2.45) is 0 Å². The SMILES string of the molecule is Cc1ccc2c(c1)CCCN2C(=S)Nc1ccc(F)c(Cl)c1. The first-order valence-corrected chi connectivity index (χ1v) is 7.96. The fourth-order valence-electron chi connectivity index (χ4n) is 2.70. The van der Waals surface area contributed by atoms with Gasteiger partial charge in [0.1, 0.15) is 5.82 Å². The van der Waals surface area contributed by atoms with Crippen LogP contribution in [0.3, 0.4) is 0 Å². The Bertz CT molecular complexity index is 733. The number of halogens is 2. The zero-order valence-corrected chi connectivity index (χ0v) is 13.8. The minimum atomic E-state index is -0.433. The average Bonchev–Trinajstić information content (AvgIpc) is 2.50. The molecule has 114 valence electrons. The number of thiocarbonyl (C=S) groups is 1. The number of hydrogen-bond acceptors (Lipinski definition) is 1. The topological polar surface area (TPSA) is 15.3 Å². The normalized spacial score (nSPS) is 13.7. The molecular weight excluding hydrogens is 319 g/mol. The number of nitrogens with zero attached hydrogens (tertiary/aromatic N) is 1. The first-order valence-electron chi connectivity index (χ1n) is 7.18. The number of benzene rings is 2. The fraction of sp³-hybridized carbons (Fsp3) is 0.235. The van der Waals surface area contributed by atoms with Crippen molar-refractivity contribution in [3.05, 3.63) is 58.4 Å². The first kappa shape index (κ1) is 15.3. The summed E-state index contributed by atoms with van der Waals surface area (Å²) in [6.07, 6.45) is 2.13. The van der Waals surface area contributed by atoms with Gasteiger partial charge in [-0.15, -0.1) is 0 Å². The highest BCUT2D eigenvalue weighted by Gasteiger charge is 2.20. The molecule has 0 spiro atoms. The Morgan fingerprint density at radius 1 is 1.27 bits per heavy atom. The van der Waals surface area contributed by atoms with E-state index in [1.165, 1.54) is 17.2 Å². The van der Waals surface area contributed by atoms with Gasteiger partial charge in [0.2, 0.25) is 0 Å². The maximum absolute atomic E-state index is 13.2. The van der Waals surface area contributed by atoms with Crippen LogP contribution < -0.4 is 10.2 Å². The zero-order chi connectivity index (χ0) is 15.7. The van der Waals surface area contributed by atoms with Gasteiger partial charge in [0.15, 0.2) is 5.11 Å². The Hall–Kier alpha value is -1.65. The van der Waals surface area contributed by atoms with Gasteiger partial charge in [-0.25, -0.2) is 4.39 Å². The van der Waals surface area contributed by atoms with Crippen LogP contribution in [0, 0.1) is 12.7 Å². The second-order valence-electron chi connectivity index (χ2n) is 5.45. The highest BCUT2D eigenvalue weighted by molar-refractivity contribution is 7.80. The van der Waals surface area contributed by atoms with E-state index in [1.807, 2.05) is 0 Å². The number of aryl methyl sites for hydroxylation is 2. The van der Waals surface area contributed by atoms with E-state index in [2.05, 4.69) is 35.3 Å². The lowest BCUT2D eigenvalue weighted by atomic mass is 10.00. The molecule has 1 aliphatic heterocycles. The molecule has 0 fully saturated rings. The molecule has 5 heteroatoms. The molecule has 0 saturated heterocycles. The second kappa shape index (κ2) is 6.23. The summed E-state index contributed by atoms with van der Waals surface area (Å²) in [5, 5.41) is 3.83. The highest BCUT2D eigenvalue weighted by Crippen LogP contribution is 2.29. The number of fused-ring (bicyclic) bond motifs is 1. The van der Waals surface area contributed by atoms with Crippen molar-refractivity contribution in [2.45, 2.75) is 19.8 Å². The summed E-state index contributed by atoms with van der Waals surface area (Å²) in [6, 6.07) is 10.9. The third-order valence-electron chi connectivity index (χ3n) is 3.77. The van der Waals surface area contributed by atoms with Gasteiger partial charge in [0.25, 0.3) is 0 Å². The van der Waals surface area contributed by atoms with Gasteiger partial charge in [0.05, 0.1) is 5.02 Å². The molecule has 0 aromatic heterocycles. The standard InChI is InChI=1S/C17H16ClFN2S/c1-11-4-7-16-12(9-11)3-2-8-21(16)17(22)20-13-5-6-15(19)14(18)10-13/h4-7,9-10H,2-3,8H2,1H3,(H,20,22). The number of anilines is 2. The molecule has 1 heterocycles. The Balaban J connectivity index is 1.83. The van der Waals surface area contributed by atoms with Crippen molar-refractivity contribution in [2.75, 3.05) is 16.8 Å². The molecule has 0 unspecified atom stereocenters. The third-order valence-corrected chi connectivity index (χ3v) is 4.38. The maximum atomic E-state index is 13.2. The van der Waals surface area contributed by atoms with E-state index >= 15 is 0 Å². The summed E-state index contributed by atoms with van der Waals surface area (Å²) in [7, 11) is 0. The van der Waals surface area contributed by atoms with E-state index in [-0.39, 0.29) is 5.02 Å². The lowest BCUT2D eigenvalue weighted by Gasteiger charge is -2.32. The van der Waals surface area contributed by atoms with Crippen molar-refractivity contribution < 1.29 is 4.39 Å². The minimum absolute atomic E-state index is 0.0856. The Morgan fingerprint density at radius 2 is 2.09 bits per heavy atom. The molecule has 0 saturated carbocycles. The summed E-state index contributed by atoms with van der Waals surface area (Å²) in [4.78, 5) is 2.09. The summed E-state index contributed by atoms with van der Waals surface area (Å²) in [6.45, 7) is 2.97. The fourth-order valence-corrected chi connectivity index (χ4v) is 3.19. The molecule has 0 aliphatic carbocycles. The van der Waals surface area contributed by atoms with Crippen molar-refractivity contribution >= 4 is 40.3 Å². The summed E-state index contributed by atoms with van der Waals surface area (Å²) < 4.78 is 13.2. The van der Waals surface area contributed by atoms with Gasteiger partial charge >= 0.3 is 0 Å². The van der Waals surface area contributed by atoms with E-state index < -0.39 is 5.82 Å². The molecule has 0 amide bonds. The monoisotopic (exact) mass is 334 g/mol. The largest absolute Gasteiger partial charge is 0.332 e. The van der Waals surface area contributed by atoms with Crippen LogP contribution in [0.1, 0.15) is 17.5 Å². The average molecular weight is 335 g/mol. The lowest BCUT2D eigenvalue weighted by molar-refractivity contribution is 0.628. The van der Waals surface area contributed by atoms with Crippen LogP contribution in [0.2, 0.25) is 5.02 Å². The Kier molecular flexibility index (Phi) is 4.32. The smallest absolute Gasteiger partial charge is 0.177 e. The van der Waals surface area contributed by atoms with E-state index in [0.717, 1.165) is 25.1 Å². The van der Waals surface area contributed by atoms with Gasteiger partial charge in [-0.05, 0) is 61.8 Å². The number of nitrogens with one attached hydrogen (secondary N) is 1.